The van der Waals surface area contributed by atoms with Crippen molar-refractivity contribution in [2.24, 2.45) is 5.84 Å². The third kappa shape index (κ3) is 3.84. The van der Waals surface area contributed by atoms with E-state index in [2.05, 4.69) is 42.7 Å². The first kappa shape index (κ1) is 15.5. The van der Waals surface area contributed by atoms with Gasteiger partial charge in [-0.05, 0) is 49.1 Å². The van der Waals surface area contributed by atoms with E-state index < -0.39 is 0 Å². The lowest BCUT2D eigenvalue weighted by molar-refractivity contribution is 0.242. The third-order valence-corrected chi connectivity index (χ3v) is 3.48. The highest BCUT2D eigenvalue weighted by Crippen LogP contribution is 2.27. The van der Waals surface area contributed by atoms with Gasteiger partial charge in [0.05, 0.1) is 12.1 Å². The summed E-state index contributed by atoms with van der Waals surface area (Å²) in [5, 5.41) is 0. The lowest BCUT2D eigenvalue weighted by atomic mass is 9.93. The van der Waals surface area contributed by atoms with Crippen molar-refractivity contribution in [2.75, 3.05) is 0 Å². The molecule has 2 aromatic rings. The minimum Gasteiger partial charge on any atom is -0.491 e. The van der Waals surface area contributed by atoms with Crippen molar-refractivity contribution in [3.05, 3.63) is 65.2 Å². The van der Waals surface area contributed by atoms with Gasteiger partial charge >= 0.3 is 0 Å². The van der Waals surface area contributed by atoms with E-state index in [-0.39, 0.29) is 12.1 Å². The summed E-state index contributed by atoms with van der Waals surface area (Å²) in [6.45, 7) is 6.21. The van der Waals surface area contributed by atoms with E-state index in [1.165, 1.54) is 11.1 Å². The van der Waals surface area contributed by atoms with Gasteiger partial charge in [-0.3, -0.25) is 5.84 Å². The lowest BCUT2D eigenvalue weighted by Crippen LogP contribution is -2.29. The van der Waals surface area contributed by atoms with Gasteiger partial charge in [0.1, 0.15) is 5.75 Å². The molecule has 0 aliphatic carbocycles. The maximum Gasteiger partial charge on any atom is 0.120 e. The molecule has 1 atom stereocenters. The van der Waals surface area contributed by atoms with Gasteiger partial charge < -0.3 is 4.74 Å². The van der Waals surface area contributed by atoms with Crippen LogP contribution in [0.2, 0.25) is 0 Å². The van der Waals surface area contributed by atoms with Gasteiger partial charge in [0.25, 0.3) is 0 Å². The topological polar surface area (TPSA) is 47.3 Å². The van der Waals surface area contributed by atoms with E-state index in [1.807, 2.05) is 32.0 Å². The Labute approximate surface area is 127 Å². The van der Waals surface area contributed by atoms with Crippen LogP contribution in [0, 0.1) is 0 Å². The first-order valence-electron chi connectivity index (χ1n) is 7.46. The van der Waals surface area contributed by atoms with Crippen molar-refractivity contribution in [1.82, 2.24) is 5.43 Å². The molecule has 3 heteroatoms. The molecule has 112 valence electrons. The summed E-state index contributed by atoms with van der Waals surface area (Å²) in [5.41, 5.74) is 6.56. The van der Waals surface area contributed by atoms with Crippen LogP contribution in [0.5, 0.6) is 5.75 Å². The van der Waals surface area contributed by atoms with Crippen LogP contribution in [-0.2, 0) is 6.42 Å². The molecule has 3 nitrogen and oxygen atoms in total. The minimum atomic E-state index is -0.0307. The van der Waals surface area contributed by atoms with Gasteiger partial charge in [-0.2, -0.15) is 0 Å². The molecular formula is C18H24N2O. The van der Waals surface area contributed by atoms with Crippen LogP contribution in [0.25, 0.3) is 0 Å². The van der Waals surface area contributed by atoms with Crippen LogP contribution in [0.3, 0.4) is 0 Å². The zero-order chi connectivity index (χ0) is 15.2. The summed E-state index contributed by atoms with van der Waals surface area (Å²) in [4.78, 5) is 0. The standard InChI is InChI=1S/C18H24N2O/c1-4-14-8-5-6-11-17(14)18(20-19)15-9-7-10-16(12-15)21-13(2)3/h5-13,18,20H,4,19H2,1-3H3. The molecule has 0 radical (unpaired) electrons. The van der Waals surface area contributed by atoms with Crippen molar-refractivity contribution in [3.8, 4) is 5.75 Å². The Bertz CT molecular complexity index is 581. The molecule has 0 saturated heterocycles. The summed E-state index contributed by atoms with van der Waals surface area (Å²) >= 11 is 0. The van der Waals surface area contributed by atoms with Crippen LogP contribution < -0.4 is 16.0 Å². The molecular weight excluding hydrogens is 260 g/mol. The zero-order valence-corrected chi connectivity index (χ0v) is 13.0. The van der Waals surface area contributed by atoms with Crippen molar-refractivity contribution >= 4 is 0 Å². The van der Waals surface area contributed by atoms with Crippen molar-refractivity contribution < 1.29 is 4.74 Å². The van der Waals surface area contributed by atoms with E-state index in [0.717, 1.165) is 17.7 Å². The smallest absolute Gasteiger partial charge is 0.120 e. The number of nitrogens with two attached hydrogens (primary N) is 1. The molecule has 21 heavy (non-hydrogen) atoms. The van der Waals surface area contributed by atoms with E-state index in [4.69, 9.17) is 10.6 Å². The molecule has 0 fully saturated rings. The summed E-state index contributed by atoms with van der Waals surface area (Å²) in [6, 6.07) is 16.5. The van der Waals surface area contributed by atoms with Crippen LogP contribution in [0.4, 0.5) is 0 Å². The Balaban J connectivity index is 2.37. The van der Waals surface area contributed by atoms with Gasteiger partial charge in [-0.1, -0.05) is 43.3 Å². The minimum absolute atomic E-state index is 0.0307. The van der Waals surface area contributed by atoms with Gasteiger partial charge in [0.15, 0.2) is 0 Å². The number of nitrogens with one attached hydrogen (secondary N) is 1. The fraction of sp³-hybridized carbons (Fsp3) is 0.333. The second kappa shape index (κ2) is 7.25. The van der Waals surface area contributed by atoms with Gasteiger partial charge in [0.2, 0.25) is 0 Å². The number of hydrogen-bond donors (Lipinski definition) is 2. The number of hydrazine groups is 1. The average molecular weight is 284 g/mol. The van der Waals surface area contributed by atoms with Crippen molar-refractivity contribution in [1.29, 1.82) is 0 Å². The van der Waals surface area contributed by atoms with E-state index in [0.29, 0.717) is 0 Å². The predicted octanol–water partition coefficient (Wildman–Crippen LogP) is 3.59. The molecule has 1 unspecified atom stereocenters. The molecule has 0 aliphatic rings. The van der Waals surface area contributed by atoms with E-state index in [9.17, 15) is 0 Å². The second-order valence-electron chi connectivity index (χ2n) is 5.39. The number of ether oxygens (including phenoxy) is 1. The molecule has 0 spiro atoms. The van der Waals surface area contributed by atoms with Gasteiger partial charge in [0, 0.05) is 0 Å². The maximum absolute atomic E-state index is 5.82. The first-order chi connectivity index (χ1) is 10.2. The molecule has 0 bridgehead atoms. The molecule has 0 amide bonds. The Kier molecular flexibility index (Phi) is 5.37. The van der Waals surface area contributed by atoms with Crippen LogP contribution in [-0.4, -0.2) is 6.10 Å². The van der Waals surface area contributed by atoms with Gasteiger partial charge in [-0.15, -0.1) is 0 Å². The predicted molar refractivity (Wildman–Crippen MR) is 87.2 cm³/mol. The SMILES string of the molecule is CCc1ccccc1C(NN)c1cccc(OC(C)C)c1. The van der Waals surface area contributed by atoms with E-state index in [1.54, 1.807) is 0 Å². The van der Waals surface area contributed by atoms with Crippen LogP contribution in [0.1, 0.15) is 43.5 Å². The Hall–Kier alpha value is -1.84. The van der Waals surface area contributed by atoms with Crippen LogP contribution >= 0.6 is 0 Å². The summed E-state index contributed by atoms with van der Waals surface area (Å²) in [5.74, 6) is 6.69. The Morgan fingerprint density at radius 2 is 1.86 bits per heavy atom. The Morgan fingerprint density at radius 1 is 1.10 bits per heavy atom. The lowest BCUT2D eigenvalue weighted by Gasteiger charge is -2.21. The first-order valence-corrected chi connectivity index (χ1v) is 7.46. The van der Waals surface area contributed by atoms with Gasteiger partial charge in [-0.25, -0.2) is 5.43 Å². The number of hydrogen-bond acceptors (Lipinski definition) is 3. The Morgan fingerprint density at radius 3 is 2.52 bits per heavy atom. The second-order valence-corrected chi connectivity index (χ2v) is 5.39. The largest absolute Gasteiger partial charge is 0.491 e. The molecule has 2 rings (SSSR count). The fourth-order valence-electron chi connectivity index (χ4n) is 2.54. The zero-order valence-electron chi connectivity index (χ0n) is 13.0. The number of aryl methyl sites for hydroxylation is 1. The molecule has 2 aromatic carbocycles. The average Bonchev–Trinajstić information content (AvgIpc) is 2.48. The van der Waals surface area contributed by atoms with Crippen LogP contribution in [0.15, 0.2) is 48.5 Å². The van der Waals surface area contributed by atoms with Crippen molar-refractivity contribution in [2.45, 2.75) is 39.3 Å². The fourth-order valence-corrected chi connectivity index (χ4v) is 2.54. The molecule has 0 aromatic heterocycles. The maximum atomic E-state index is 5.82. The number of benzene rings is 2. The monoisotopic (exact) mass is 284 g/mol. The highest BCUT2D eigenvalue weighted by atomic mass is 16.5. The van der Waals surface area contributed by atoms with E-state index >= 15 is 0 Å². The highest BCUT2D eigenvalue weighted by Gasteiger charge is 2.15. The molecule has 0 aliphatic heterocycles. The number of rotatable bonds is 6. The third-order valence-electron chi connectivity index (χ3n) is 3.48. The summed E-state index contributed by atoms with van der Waals surface area (Å²) in [6.07, 6.45) is 1.14. The quantitative estimate of drug-likeness (QED) is 0.629. The summed E-state index contributed by atoms with van der Waals surface area (Å²) in [7, 11) is 0. The molecule has 0 heterocycles. The normalized spacial score (nSPS) is 12.4. The van der Waals surface area contributed by atoms with Crippen molar-refractivity contribution in [3.63, 3.8) is 0 Å². The molecule has 0 saturated carbocycles. The molecule has 3 N–H and O–H groups in total. The summed E-state index contributed by atoms with van der Waals surface area (Å²) < 4.78 is 5.77. The highest BCUT2D eigenvalue weighted by molar-refractivity contribution is 5.40.